The monoisotopic (exact) mass is 808 g/mol. The Morgan fingerprint density at radius 3 is 1.84 bits per heavy atom. The Kier molecular flexibility index (Phi) is 10.6. The molecule has 0 atom stereocenters. The van der Waals surface area contributed by atoms with Gasteiger partial charge < -0.3 is 24.5 Å². The number of carbonyl (C=O) groups is 3. The third kappa shape index (κ3) is 6.59. The Morgan fingerprint density at radius 1 is 0.621 bits per heavy atom. The Bertz CT molecular complexity index is 3060. The van der Waals surface area contributed by atoms with Crippen LogP contribution in [0.5, 0.6) is 11.8 Å². The van der Waals surface area contributed by atoms with Gasteiger partial charge >= 0.3 is 16.8 Å². The maximum Gasteiger partial charge on any atom is 2.00 e. The van der Waals surface area contributed by atoms with Crippen molar-refractivity contribution in [3.05, 3.63) is 164 Å². The van der Waals surface area contributed by atoms with E-state index in [2.05, 4.69) is 29.9 Å². The van der Waals surface area contributed by atoms with Crippen molar-refractivity contribution in [1.82, 2.24) is 19.9 Å². The number of imidazole rings is 1. The summed E-state index contributed by atoms with van der Waals surface area (Å²) >= 11 is 0. The quantitative estimate of drug-likeness (QED) is 0.244. The molecule has 0 fully saturated rings. The summed E-state index contributed by atoms with van der Waals surface area (Å²) in [6.45, 7) is 1.43. The number of nitrogens with zero attached hydrogens (tertiary/aromatic N) is 7. The van der Waals surface area contributed by atoms with Crippen molar-refractivity contribution in [3.8, 4) is 29.3 Å². The molecule has 10 rings (SSSR count). The van der Waals surface area contributed by atoms with E-state index in [1.165, 1.54) is 21.1 Å². The molecule has 7 aromatic rings. The third-order valence-corrected chi connectivity index (χ3v) is 9.30. The number of hydrogen-bond donors (Lipinski definition) is 0. The first-order chi connectivity index (χ1) is 27.8. The number of benzene rings is 4. The van der Waals surface area contributed by atoms with E-state index in [1.54, 1.807) is 115 Å². The summed E-state index contributed by atoms with van der Waals surface area (Å²) in [6.07, 6.45) is 0. The van der Waals surface area contributed by atoms with E-state index in [1.807, 2.05) is 0 Å². The van der Waals surface area contributed by atoms with Crippen LogP contribution in [0.4, 0.5) is 5.69 Å². The molecule has 0 N–H and O–H groups in total. The molecule has 0 bridgehead atoms. The van der Waals surface area contributed by atoms with Gasteiger partial charge in [0.1, 0.15) is 11.4 Å². The molecule has 4 heterocycles. The molecule has 58 heavy (non-hydrogen) atoms. The van der Waals surface area contributed by atoms with Gasteiger partial charge in [0.15, 0.2) is 23.2 Å². The van der Waals surface area contributed by atoms with Gasteiger partial charge in [0.25, 0.3) is 0 Å². The average Bonchev–Trinajstić information content (AvgIpc) is 3.90. The van der Waals surface area contributed by atoms with Crippen LogP contribution in [0.3, 0.4) is 0 Å². The Morgan fingerprint density at radius 2 is 1.19 bits per heavy atom. The minimum Gasteiger partial charge on any atom is -0.872 e. The Hall–Kier alpha value is -7.60. The number of ketones is 3. The zero-order valence-corrected chi connectivity index (χ0v) is 31.8. The fourth-order valence-corrected chi connectivity index (χ4v) is 6.75. The summed E-state index contributed by atoms with van der Waals surface area (Å²) in [5.41, 5.74) is 5.05. The first kappa shape index (κ1) is 38.7. The number of pyridine rings is 2. The summed E-state index contributed by atoms with van der Waals surface area (Å²) in [5.74, 6) is 0.893. The van der Waals surface area contributed by atoms with Gasteiger partial charge in [0, 0.05) is 46.9 Å². The topological polar surface area (TPSA) is 194 Å². The second-order valence-electron chi connectivity index (χ2n) is 12.6. The summed E-state index contributed by atoms with van der Waals surface area (Å²) in [5, 5.41) is 21.1. The number of nitriles is 1. The van der Waals surface area contributed by atoms with Gasteiger partial charge in [-0.25, -0.2) is 20.0 Å². The van der Waals surface area contributed by atoms with E-state index >= 15 is 0 Å². The van der Waals surface area contributed by atoms with Gasteiger partial charge in [-0.1, -0.05) is 84.6 Å². The first-order valence-electron chi connectivity index (χ1n) is 17.4. The van der Waals surface area contributed by atoms with Crippen LogP contribution in [-0.4, -0.2) is 52.4 Å². The number of aliphatic imine (C=N–C) groups is 1. The Balaban J connectivity index is 0.000000163. The van der Waals surface area contributed by atoms with Crippen molar-refractivity contribution in [2.75, 3.05) is 14.2 Å². The minimum atomic E-state index is -0.212. The molecule has 3 aliphatic rings. The van der Waals surface area contributed by atoms with Crippen LogP contribution in [0.15, 0.2) is 119 Å². The zero-order chi connectivity index (χ0) is 39.8. The van der Waals surface area contributed by atoms with Crippen molar-refractivity contribution >= 4 is 45.7 Å². The summed E-state index contributed by atoms with van der Waals surface area (Å²) in [4.78, 5) is 65.7. The molecule has 14 heteroatoms. The molecule has 0 spiro atoms. The van der Waals surface area contributed by atoms with Gasteiger partial charge in [0.2, 0.25) is 11.8 Å². The van der Waals surface area contributed by atoms with Crippen molar-refractivity contribution in [2.45, 2.75) is 6.92 Å². The van der Waals surface area contributed by atoms with Crippen LogP contribution >= 0.6 is 0 Å². The normalized spacial score (nSPS) is 12.6. The molecule has 1 radical (unpaired) electrons. The van der Waals surface area contributed by atoms with Crippen LogP contribution in [0.1, 0.15) is 65.9 Å². The summed E-state index contributed by atoms with van der Waals surface area (Å²) < 4.78 is 10.3. The molecule has 4 aromatic carbocycles. The van der Waals surface area contributed by atoms with Crippen molar-refractivity contribution in [2.24, 2.45) is 9.98 Å². The van der Waals surface area contributed by atoms with Crippen molar-refractivity contribution in [1.29, 1.82) is 5.26 Å². The number of fused-ring (bicyclic) bond motifs is 8. The van der Waals surface area contributed by atoms with E-state index in [9.17, 15) is 19.5 Å². The molecule has 2 aliphatic carbocycles. The van der Waals surface area contributed by atoms with E-state index in [0.29, 0.717) is 101 Å². The average molecular weight is 809 g/mol. The number of methoxy groups -OCH3 is 2. The Labute approximate surface area is 340 Å². The fourth-order valence-electron chi connectivity index (χ4n) is 6.75. The van der Waals surface area contributed by atoms with Crippen LogP contribution in [0.2, 0.25) is 0 Å². The van der Waals surface area contributed by atoms with E-state index in [-0.39, 0.29) is 39.9 Å². The van der Waals surface area contributed by atoms with Gasteiger partial charge in [-0.15, -0.1) is 0 Å². The zero-order valence-electron chi connectivity index (χ0n) is 30.8. The number of aromatic nitrogens is 4. The predicted molar refractivity (Wildman–Crippen MR) is 206 cm³/mol. The smallest absolute Gasteiger partial charge is 0.872 e. The molecule has 3 aromatic heterocycles. The molecule has 0 amide bonds. The molecular weight excluding hydrogens is 781 g/mol. The van der Waals surface area contributed by atoms with Crippen LogP contribution < -0.4 is 30.1 Å². The van der Waals surface area contributed by atoms with Crippen molar-refractivity contribution < 1.29 is 45.7 Å². The number of carbonyl (C=O) groups excluding carboxylic acids is 3. The van der Waals surface area contributed by atoms with Crippen LogP contribution in [0.25, 0.3) is 28.3 Å². The molecule has 283 valence electrons. The van der Waals surface area contributed by atoms with Gasteiger partial charge in [-0.05, 0) is 45.8 Å². The van der Waals surface area contributed by atoms with Gasteiger partial charge in [-0.3, -0.25) is 14.4 Å². The number of amidine groups is 1. The number of ether oxygens (including phenoxy) is 2. The molecule has 0 unspecified atom stereocenters. The number of rotatable bonds is 4. The number of hydrogen-bond acceptors (Lipinski definition) is 12. The minimum absolute atomic E-state index is 0. The second kappa shape index (κ2) is 15.9. The van der Waals surface area contributed by atoms with E-state index in [4.69, 9.17) is 14.7 Å². The first-order valence-corrected chi connectivity index (χ1v) is 17.4. The maximum absolute atomic E-state index is 13.1. The molecule has 1 aliphatic heterocycles. The fraction of sp³-hybridized carbons (Fsp3) is 0.0682. The van der Waals surface area contributed by atoms with E-state index < -0.39 is 0 Å². The van der Waals surface area contributed by atoms with E-state index in [0.717, 1.165) is 0 Å². The van der Waals surface area contributed by atoms with Crippen LogP contribution in [0, 0.1) is 11.3 Å². The summed E-state index contributed by atoms with van der Waals surface area (Å²) in [7, 11) is 3.07. The third-order valence-electron chi connectivity index (χ3n) is 9.30. The molecule has 0 saturated heterocycles. The predicted octanol–water partition coefficient (Wildman–Crippen LogP) is 4.43. The SMILES string of the molecule is CC#N.COc1cccc(-c2nc3ccc4c(c3[n-]2)C(=O)c2ccccc2C4=O)n1.COc1cccc(C2=Nc3c4c(ccc3=N2)=C([O-])c2ccccc2C4=O)n1.[Co+2]. The standard InChI is InChI=1S/2C21H13N3O3.C2H3N.Co/c2*1-27-16-8-4-7-15(22-16)21-23-14-10-9-13-17(18(14)24-21)20(26)12-6-3-2-5-11(12)19(13)25;1-2-3;/h2-10H,1H3,(H,22,23,24,25,26);2-10,25H,1H3;1H3;/q;;;+2/p-2. The van der Waals surface area contributed by atoms with Gasteiger partial charge in [0.05, 0.1) is 36.9 Å². The molecule has 13 nitrogen and oxygen atoms in total. The van der Waals surface area contributed by atoms with Crippen molar-refractivity contribution in [3.63, 3.8) is 0 Å². The largest absolute Gasteiger partial charge is 2.00 e. The molecular formula is C44H27CoN7O6. The maximum atomic E-state index is 13.1. The van der Waals surface area contributed by atoms with Gasteiger partial charge in [-0.2, -0.15) is 5.26 Å². The second-order valence-corrected chi connectivity index (χ2v) is 12.6. The van der Waals surface area contributed by atoms with Crippen LogP contribution in [-0.2, 0) is 16.8 Å². The molecule has 0 saturated carbocycles. The summed E-state index contributed by atoms with van der Waals surface area (Å²) in [6, 6.07) is 32.7.